The quantitative estimate of drug-likeness (QED) is 0.777. The minimum absolute atomic E-state index is 0.0164. The highest BCUT2D eigenvalue weighted by Crippen LogP contribution is 2.28. The van der Waals surface area contributed by atoms with Crippen LogP contribution in [0.4, 0.5) is 5.69 Å². The van der Waals surface area contributed by atoms with Gasteiger partial charge in [-0.2, -0.15) is 0 Å². The smallest absolute Gasteiger partial charge is 0.238 e. The normalized spacial score (nSPS) is 12.7. The van der Waals surface area contributed by atoms with E-state index in [-0.39, 0.29) is 5.91 Å². The Labute approximate surface area is 161 Å². The summed E-state index contributed by atoms with van der Waals surface area (Å²) >= 11 is 0. The fraction of sp³-hybridized carbons (Fsp3) is 0.409. The Morgan fingerprint density at radius 2 is 1.81 bits per heavy atom. The van der Waals surface area contributed by atoms with Gasteiger partial charge in [0.1, 0.15) is 0 Å². The highest BCUT2D eigenvalue weighted by molar-refractivity contribution is 5.92. The number of carbonyl (C=O) groups excluding carboxylic acids is 1. The van der Waals surface area contributed by atoms with Gasteiger partial charge in [-0.1, -0.05) is 12.1 Å². The van der Waals surface area contributed by atoms with Crippen LogP contribution < -0.4 is 14.8 Å². The number of nitrogens with one attached hydrogen (secondary N) is 1. The van der Waals surface area contributed by atoms with E-state index in [1.807, 2.05) is 36.2 Å². The highest BCUT2D eigenvalue weighted by Gasteiger charge is 2.13. The molecule has 0 aliphatic heterocycles. The Bertz CT molecular complexity index is 804. The van der Waals surface area contributed by atoms with Crippen molar-refractivity contribution in [2.24, 2.45) is 0 Å². The first kappa shape index (κ1) is 19.2. The standard InChI is InChI=1S/C22H28N2O3/c1-24(12-11-16-7-10-20(26-2)21(13-16)27-3)15-22(25)23-19-9-8-17-5-4-6-18(17)14-19/h7-10,13-14H,4-6,11-12,15H2,1-3H3,(H,23,25). The lowest BCUT2D eigenvalue weighted by Crippen LogP contribution is -2.31. The van der Waals surface area contributed by atoms with Crippen LogP contribution in [0.5, 0.6) is 11.5 Å². The number of fused-ring (bicyclic) bond motifs is 1. The van der Waals surface area contributed by atoms with E-state index in [1.165, 1.54) is 17.5 Å². The Kier molecular flexibility index (Phi) is 6.35. The molecule has 1 aliphatic carbocycles. The molecule has 1 amide bonds. The van der Waals surface area contributed by atoms with Crippen molar-refractivity contribution in [3.8, 4) is 11.5 Å². The molecule has 0 heterocycles. The van der Waals surface area contributed by atoms with E-state index in [9.17, 15) is 4.79 Å². The number of hydrogen-bond donors (Lipinski definition) is 1. The van der Waals surface area contributed by atoms with Crippen molar-refractivity contribution < 1.29 is 14.3 Å². The first-order chi connectivity index (χ1) is 13.1. The summed E-state index contributed by atoms with van der Waals surface area (Å²) in [5, 5.41) is 3.02. The molecular weight excluding hydrogens is 340 g/mol. The predicted octanol–water partition coefficient (Wildman–Crippen LogP) is 3.31. The van der Waals surface area contributed by atoms with Crippen molar-refractivity contribution in [1.29, 1.82) is 0 Å². The van der Waals surface area contributed by atoms with E-state index >= 15 is 0 Å². The molecule has 2 aromatic rings. The monoisotopic (exact) mass is 368 g/mol. The fourth-order valence-electron chi connectivity index (χ4n) is 3.53. The van der Waals surface area contributed by atoms with Crippen LogP contribution in [0.1, 0.15) is 23.1 Å². The Morgan fingerprint density at radius 1 is 1.04 bits per heavy atom. The molecule has 1 N–H and O–H groups in total. The lowest BCUT2D eigenvalue weighted by molar-refractivity contribution is -0.117. The van der Waals surface area contributed by atoms with Crippen LogP contribution in [0.3, 0.4) is 0 Å². The number of methoxy groups -OCH3 is 2. The summed E-state index contributed by atoms with van der Waals surface area (Å²) in [6.07, 6.45) is 4.32. The molecule has 27 heavy (non-hydrogen) atoms. The second-order valence-corrected chi connectivity index (χ2v) is 7.06. The molecule has 5 heteroatoms. The zero-order valence-corrected chi connectivity index (χ0v) is 16.4. The van der Waals surface area contributed by atoms with Gasteiger partial charge in [-0.05, 0) is 73.7 Å². The van der Waals surface area contributed by atoms with E-state index in [0.29, 0.717) is 6.54 Å². The molecule has 0 bridgehead atoms. The number of anilines is 1. The number of carbonyl (C=O) groups is 1. The van der Waals surface area contributed by atoms with Gasteiger partial charge in [-0.25, -0.2) is 0 Å². The van der Waals surface area contributed by atoms with Gasteiger partial charge < -0.3 is 14.8 Å². The third-order valence-corrected chi connectivity index (χ3v) is 5.03. The number of nitrogens with zero attached hydrogens (tertiary/aromatic N) is 1. The maximum Gasteiger partial charge on any atom is 0.238 e. The lowest BCUT2D eigenvalue weighted by atomic mass is 10.1. The number of rotatable bonds is 8. The summed E-state index contributed by atoms with van der Waals surface area (Å²) in [5.41, 5.74) is 4.84. The van der Waals surface area contributed by atoms with Crippen LogP contribution in [0.2, 0.25) is 0 Å². The molecule has 0 fully saturated rings. The SMILES string of the molecule is COc1ccc(CCN(C)CC(=O)Nc2ccc3c(c2)CCC3)cc1OC. The Balaban J connectivity index is 1.49. The number of ether oxygens (including phenoxy) is 2. The van der Waals surface area contributed by atoms with Crippen LogP contribution >= 0.6 is 0 Å². The minimum atomic E-state index is 0.0164. The number of hydrogen-bond acceptors (Lipinski definition) is 4. The molecule has 0 atom stereocenters. The van der Waals surface area contributed by atoms with Crippen molar-refractivity contribution in [3.05, 3.63) is 53.1 Å². The summed E-state index contributed by atoms with van der Waals surface area (Å²) in [7, 11) is 5.23. The van der Waals surface area contributed by atoms with Crippen LogP contribution in [0.25, 0.3) is 0 Å². The van der Waals surface area contributed by atoms with Gasteiger partial charge in [0.2, 0.25) is 5.91 Å². The number of likely N-dealkylation sites (N-methyl/N-ethyl adjacent to an activating group) is 1. The van der Waals surface area contributed by atoms with Crippen molar-refractivity contribution in [1.82, 2.24) is 4.90 Å². The summed E-state index contributed by atoms with van der Waals surface area (Å²) in [5.74, 6) is 1.47. The molecule has 0 aromatic heterocycles. The first-order valence-corrected chi connectivity index (χ1v) is 9.40. The average Bonchev–Trinajstić information content (AvgIpc) is 3.13. The molecule has 0 saturated heterocycles. The van der Waals surface area contributed by atoms with Gasteiger partial charge in [0.05, 0.1) is 20.8 Å². The summed E-state index contributed by atoms with van der Waals surface area (Å²) in [6, 6.07) is 12.2. The third-order valence-electron chi connectivity index (χ3n) is 5.03. The molecule has 2 aromatic carbocycles. The first-order valence-electron chi connectivity index (χ1n) is 9.40. The second kappa shape index (κ2) is 8.91. The van der Waals surface area contributed by atoms with Crippen molar-refractivity contribution in [3.63, 3.8) is 0 Å². The van der Waals surface area contributed by atoms with Gasteiger partial charge in [0.15, 0.2) is 11.5 Å². The summed E-state index contributed by atoms with van der Waals surface area (Å²) in [6.45, 7) is 1.15. The average molecular weight is 368 g/mol. The van der Waals surface area contributed by atoms with E-state index in [2.05, 4.69) is 17.4 Å². The lowest BCUT2D eigenvalue weighted by Gasteiger charge is -2.17. The maximum atomic E-state index is 12.3. The molecular formula is C22H28N2O3. The number of aryl methyl sites for hydroxylation is 2. The van der Waals surface area contributed by atoms with Crippen LogP contribution in [-0.2, 0) is 24.1 Å². The number of amides is 1. The zero-order chi connectivity index (χ0) is 19.2. The summed E-state index contributed by atoms with van der Waals surface area (Å²) < 4.78 is 10.6. The van der Waals surface area contributed by atoms with Crippen molar-refractivity contribution in [2.75, 3.05) is 39.7 Å². The molecule has 0 spiro atoms. The van der Waals surface area contributed by atoms with Gasteiger partial charge in [0.25, 0.3) is 0 Å². The Hall–Kier alpha value is -2.53. The molecule has 0 unspecified atom stereocenters. The molecule has 144 valence electrons. The van der Waals surface area contributed by atoms with Gasteiger partial charge in [0, 0.05) is 12.2 Å². The highest BCUT2D eigenvalue weighted by atomic mass is 16.5. The van der Waals surface area contributed by atoms with Crippen LogP contribution in [0.15, 0.2) is 36.4 Å². The molecule has 0 saturated carbocycles. The van der Waals surface area contributed by atoms with Crippen LogP contribution in [0, 0.1) is 0 Å². The molecule has 0 radical (unpaired) electrons. The van der Waals surface area contributed by atoms with Crippen LogP contribution in [-0.4, -0.2) is 45.2 Å². The molecule has 5 nitrogen and oxygen atoms in total. The van der Waals surface area contributed by atoms with Crippen molar-refractivity contribution >= 4 is 11.6 Å². The van der Waals surface area contributed by atoms with E-state index in [4.69, 9.17) is 9.47 Å². The summed E-state index contributed by atoms with van der Waals surface area (Å²) in [4.78, 5) is 14.4. The largest absolute Gasteiger partial charge is 0.493 e. The van der Waals surface area contributed by atoms with E-state index in [1.54, 1.807) is 14.2 Å². The van der Waals surface area contributed by atoms with Crippen molar-refractivity contribution in [2.45, 2.75) is 25.7 Å². The number of benzene rings is 2. The maximum absolute atomic E-state index is 12.3. The predicted molar refractivity (Wildman–Crippen MR) is 108 cm³/mol. The third kappa shape index (κ3) is 5.01. The van der Waals surface area contributed by atoms with Gasteiger partial charge in [-0.15, -0.1) is 0 Å². The topological polar surface area (TPSA) is 50.8 Å². The van der Waals surface area contributed by atoms with Gasteiger partial charge >= 0.3 is 0 Å². The van der Waals surface area contributed by atoms with E-state index in [0.717, 1.165) is 48.6 Å². The second-order valence-electron chi connectivity index (χ2n) is 7.06. The van der Waals surface area contributed by atoms with Gasteiger partial charge in [-0.3, -0.25) is 9.69 Å². The fourth-order valence-corrected chi connectivity index (χ4v) is 3.53. The Morgan fingerprint density at radius 3 is 2.59 bits per heavy atom. The van der Waals surface area contributed by atoms with E-state index < -0.39 is 0 Å². The molecule has 3 rings (SSSR count). The zero-order valence-electron chi connectivity index (χ0n) is 16.4. The minimum Gasteiger partial charge on any atom is -0.493 e. The molecule has 1 aliphatic rings.